The molecule has 2 aromatic carbocycles. The van der Waals surface area contributed by atoms with Crippen molar-refractivity contribution in [3.8, 4) is 5.75 Å². The van der Waals surface area contributed by atoms with Gasteiger partial charge in [-0.1, -0.05) is 24.3 Å². The number of oxazole rings is 1. The number of ether oxygens (including phenoxy) is 1. The van der Waals surface area contributed by atoms with Crippen LogP contribution >= 0.6 is 0 Å². The summed E-state index contributed by atoms with van der Waals surface area (Å²) in [5, 5.41) is 3.00. The standard InChI is InChI=1S/C19H16N2O4/c22-18(20-14-9-10-24-16-4-2-1-3-13(14)16)8-6-12-5-7-17-15(11-12)21-19(23)25-17/h1-8,11,14H,9-10H2,(H,20,22)(H,21,23)/b8-6+. The fourth-order valence-corrected chi connectivity index (χ4v) is 2.96. The number of carbonyl (C=O) groups excluding carboxylic acids is 1. The van der Waals surface area contributed by atoms with Gasteiger partial charge in [-0.3, -0.25) is 9.78 Å². The Morgan fingerprint density at radius 2 is 2.12 bits per heavy atom. The van der Waals surface area contributed by atoms with E-state index in [0.29, 0.717) is 17.7 Å². The van der Waals surface area contributed by atoms with Crippen LogP contribution in [0.3, 0.4) is 0 Å². The van der Waals surface area contributed by atoms with Crippen LogP contribution < -0.4 is 15.8 Å². The summed E-state index contributed by atoms with van der Waals surface area (Å²) < 4.78 is 10.6. The monoisotopic (exact) mass is 336 g/mol. The fourth-order valence-electron chi connectivity index (χ4n) is 2.96. The van der Waals surface area contributed by atoms with Crippen molar-refractivity contribution in [3.05, 3.63) is 70.2 Å². The molecule has 0 radical (unpaired) electrons. The third-order valence-electron chi connectivity index (χ3n) is 4.15. The van der Waals surface area contributed by atoms with Crippen molar-refractivity contribution in [2.75, 3.05) is 6.61 Å². The van der Waals surface area contributed by atoms with E-state index >= 15 is 0 Å². The number of carbonyl (C=O) groups is 1. The van der Waals surface area contributed by atoms with E-state index in [9.17, 15) is 9.59 Å². The number of aromatic amines is 1. The van der Waals surface area contributed by atoms with Gasteiger partial charge in [-0.2, -0.15) is 0 Å². The van der Waals surface area contributed by atoms with E-state index in [2.05, 4.69) is 10.3 Å². The summed E-state index contributed by atoms with van der Waals surface area (Å²) in [6.07, 6.45) is 3.92. The number of hydrogen-bond donors (Lipinski definition) is 2. The van der Waals surface area contributed by atoms with Crippen LogP contribution in [0.2, 0.25) is 0 Å². The molecule has 1 amide bonds. The lowest BCUT2D eigenvalue weighted by molar-refractivity contribution is -0.117. The molecule has 0 saturated heterocycles. The predicted molar refractivity (Wildman–Crippen MR) is 93.3 cm³/mol. The quantitative estimate of drug-likeness (QED) is 0.720. The minimum absolute atomic E-state index is 0.0604. The Morgan fingerprint density at radius 1 is 1.24 bits per heavy atom. The van der Waals surface area contributed by atoms with E-state index in [-0.39, 0.29) is 11.9 Å². The average molecular weight is 336 g/mol. The summed E-state index contributed by atoms with van der Waals surface area (Å²) in [6.45, 7) is 0.580. The SMILES string of the molecule is O=C(/C=C/c1ccc2oc(=O)[nH]c2c1)NC1CCOc2ccccc21. The van der Waals surface area contributed by atoms with E-state index in [1.807, 2.05) is 24.3 Å². The summed E-state index contributed by atoms with van der Waals surface area (Å²) in [5.74, 6) is 0.145. The van der Waals surface area contributed by atoms with Crippen LogP contribution in [0.5, 0.6) is 5.75 Å². The molecule has 1 aliphatic heterocycles. The number of hydrogen-bond acceptors (Lipinski definition) is 4. The Hall–Kier alpha value is -3.28. The van der Waals surface area contributed by atoms with Crippen LogP contribution in [0, 0.1) is 0 Å². The van der Waals surface area contributed by atoms with Gasteiger partial charge in [-0.05, 0) is 29.8 Å². The van der Waals surface area contributed by atoms with Crippen LogP contribution in [-0.2, 0) is 4.79 Å². The van der Waals surface area contributed by atoms with Crippen molar-refractivity contribution in [2.24, 2.45) is 0 Å². The Kier molecular flexibility index (Phi) is 3.85. The third kappa shape index (κ3) is 3.19. The van der Waals surface area contributed by atoms with Gasteiger partial charge in [-0.15, -0.1) is 0 Å². The number of rotatable bonds is 3. The second-order valence-corrected chi connectivity index (χ2v) is 5.84. The first kappa shape index (κ1) is 15.3. The number of para-hydroxylation sites is 1. The van der Waals surface area contributed by atoms with E-state index in [1.165, 1.54) is 6.08 Å². The zero-order valence-corrected chi connectivity index (χ0v) is 13.3. The maximum atomic E-state index is 12.2. The molecule has 0 bridgehead atoms. The molecular formula is C19H16N2O4. The summed E-state index contributed by atoms with van der Waals surface area (Å²) in [6, 6.07) is 12.9. The number of benzene rings is 2. The van der Waals surface area contributed by atoms with E-state index in [4.69, 9.17) is 9.15 Å². The molecule has 1 unspecified atom stereocenters. The average Bonchev–Trinajstić information content (AvgIpc) is 2.99. The lowest BCUT2D eigenvalue weighted by atomic mass is 10.0. The highest BCUT2D eigenvalue weighted by atomic mass is 16.5. The van der Waals surface area contributed by atoms with E-state index in [0.717, 1.165) is 23.3 Å². The van der Waals surface area contributed by atoms with Crippen LogP contribution in [-0.4, -0.2) is 17.5 Å². The van der Waals surface area contributed by atoms with Gasteiger partial charge in [0.2, 0.25) is 5.91 Å². The van der Waals surface area contributed by atoms with Gasteiger partial charge in [0.05, 0.1) is 18.2 Å². The molecule has 0 saturated carbocycles. The van der Waals surface area contributed by atoms with Crippen molar-refractivity contribution < 1.29 is 13.9 Å². The lowest BCUT2D eigenvalue weighted by Crippen LogP contribution is -2.30. The van der Waals surface area contributed by atoms with Crippen molar-refractivity contribution in [1.29, 1.82) is 0 Å². The molecule has 0 fully saturated rings. The maximum Gasteiger partial charge on any atom is 0.417 e. The summed E-state index contributed by atoms with van der Waals surface area (Å²) >= 11 is 0. The number of amides is 1. The van der Waals surface area contributed by atoms with Gasteiger partial charge in [0.25, 0.3) is 0 Å². The summed E-state index contributed by atoms with van der Waals surface area (Å²) in [4.78, 5) is 26.0. The summed E-state index contributed by atoms with van der Waals surface area (Å²) in [5.41, 5.74) is 2.89. The molecule has 2 heterocycles. The van der Waals surface area contributed by atoms with Crippen molar-refractivity contribution in [2.45, 2.75) is 12.5 Å². The van der Waals surface area contributed by atoms with Crippen LogP contribution in [0.4, 0.5) is 0 Å². The van der Waals surface area contributed by atoms with Gasteiger partial charge in [0.15, 0.2) is 5.58 Å². The largest absolute Gasteiger partial charge is 0.493 e. The maximum absolute atomic E-state index is 12.2. The molecule has 0 spiro atoms. The normalized spacial score (nSPS) is 16.6. The minimum atomic E-state index is -0.493. The van der Waals surface area contributed by atoms with Crippen molar-refractivity contribution >= 4 is 23.1 Å². The number of nitrogens with one attached hydrogen (secondary N) is 2. The molecular weight excluding hydrogens is 320 g/mol. The first-order valence-corrected chi connectivity index (χ1v) is 8.02. The second-order valence-electron chi connectivity index (χ2n) is 5.84. The summed E-state index contributed by atoms with van der Waals surface area (Å²) in [7, 11) is 0. The van der Waals surface area contributed by atoms with E-state index in [1.54, 1.807) is 24.3 Å². The Balaban J connectivity index is 1.48. The van der Waals surface area contributed by atoms with Crippen LogP contribution in [0.15, 0.2) is 57.8 Å². The van der Waals surface area contributed by atoms with Crippen LogP contribution in [0.25, 0.3) is 17.2 Å². The molecule has 1 aromatic heterocycles. The first-order chi connectivity index (χ1) is 12.2. The lowest BCUT2D eigenvalue weighted by Gasteiger charge is -2.26. The van der Waals surface area contributed by atoms with Crippen molar-refractivity contribution in [1.82, 2.24) is 10.3 Å². The third-order valence-corrected chi connectivity index (χ3v) is 4.15. The Bertz CT molecular complexity index is 1020. The van der Waals surface area contributed by atoms with Gasteiger partial charge >= 0.3 is 5.76 Å². The zero-order valence-electron chi connectivity index (χ0n) is 13.3. The zero-order chi connectivity index (χ0) is 17.2. The first-order valence-electron chi connectivity index (χ1n) is 8.02. The molecule has 2 N–H and O–H groups in total. The molecule has 1 aliphatic rings. The number of fused-ring (bicyclic) bond motifs is 2. The predicted octanol–water partition coefficient (Wildman–Crippen LogP) is 2.77. The smallest absolute Gasteiger partial charge is 0.417 e. The fraction of sp³-hybridized carbons (Fsp3) is 0.158. The topological polar surface area (TPSA) is 84.3 Å². The molecule has 3 aromatic rings. The van der Waals surface area contributed by atoms with Gasteiger partial charge in [-0.25, -0.2) is 4.79 Å². The minimum Gasteiger partial charge on any atom is -0.493 e. The molecule has 4 rings (SSSR count). The molecule has 25 heavy (non-hydrogen) atoms. The van der Waals surface area contributed by atoms with Gasteiger partial charge in [0, 0.05) is 18.1 Å². The molecule has 6 heteroatoms. The molecule has 1 atom stereocenters. The molecule has 126 valence electrons. The van der Waals surface area contributed by atoms with Gasteiger partial charge < -0.3 is 14.5 Å². The Labute approximate surface area is 143 Å². The number of H-pyrrole nitrogens is 1. The van der Waals surface area contributed by atoms with Crippen molar-refractivity contribution in [3.63, 3.8) is 0 Å². The highest BCUT2D eigenvalue weighted by Gasteiger charge is 2.21. The van der Waals surface area contributed by atoms with Gasteiger partial charge in [0.1, 0.15) is 5.75 Å². The molecule has 0 aliphatic carbocycles. The number of aromatic nitrogens is 1. The highest BCUT2D eigenvalue weighted by molar-refractivity contribution is 5.92. The van der Waals surface area contributed by atoms with Crippen LogP contribution in [0.1, 0.15) is 23.6 Å². The second kappa shape index (κ2) is 6.32. The Morgan fingerprint density at radius 3 is 3.04 bits per heavy atom. The van der Waals surface area contributed by atoms with E-state index < -0.39 is 5.76 Å². The molecule has 6 nitrogen and oxygen atoms in total. The highest BCUT2D eigenvalue weighted by Crippen LogP contribution is 2.31.